The lowest BCUT2D eigenvalue weighted by Crippen LogP contribution is -2.48. The molecule has 0 amide bonds. The first-order chi connectivity index (χ1) is 11.2. The first-order valence-electron chi connectivity index (χ1n) is 8.01. The van der Waals surface area contributed by atoms with Crippen molar-refractivity contribution in [1.82, 2.24) is 10.2 Å². The Balaban J connectivity index is 0.00000288. The lowest BCUT2D eigenvalue weighted by Gasteiger charge is -2.34. The van der Waals surface area contributed by atoms with Gasteiger partial charge in [0.15, 0.2) is 5.96 Å². The Bertz CT molecular complexity index is 603. The molecule has 1 aromatic rings. The first kappa shape index (κ1) is 21.0. The molecule has 1 fully saturated rings. The number of rotatable bonds is 4. The Morgan fingerprint density at radius 3 is 2.96 bits per heavy atom. The van der Waals surface area contributed by atoms with Crippen molar-refractivity contribution in [2.75, 3.05) is 25.4 Å². The van der Waals surface area contributed by atoms with Gasteiger partial charge in [-0.1, -0.05) is 6.92 Å². The van der Waals surface area contributed by atoms with Gasteiger partial charge in [0.25, 0.3) is 0 Å². The second-order valence-electron chi connectivity index (χ2n) is 5.44. The van der Waals surface area contributed by atoms with E-state index in [4.69, 9.17) is 5.26 Å². The maximum absolute atomic E-state index is 13.9. The molecule has 0 aliphatic carbocycles. The Morgan fingerprint density at radius 2 is 2.29 bits per heavy atom. The van der Waals surface area contributed by atoms with Crippen LogP contribution in [0.5, 0.6) is 0 Å². The number of benzene rings is 1. The van der Waals surface area contributed by atoms with E-state index in [1.54, 1.807) is 6.07 Å². The summed E-state index contributed by atoms with van der Waals surface area (Å²) >= 11 is 2.00. The molecule has 1 aliphatic rings. The zero-order valence-corrected chi connectivity index (χ0v) is 17.2. The number of aliphatic imine (C=N–C) groups is 1. The van der Waals surface area contributed by atoms with Crippen LogP contribution >= 0.6 is 35.7 Å². The maximum atomic E-state index is 13.9. The predicted molar refractivity (Wildman–Crippen MR) is 109 cm³/mol. The number of nitriles is 1. The third kappa shape index (κ3) is 5.81. The van der Waals surface area contributed by atoms with Crippen molar-refractivity contribution in [3.63, 3.8) is 0 Å². The quantitative estimate of drug-likeness (QED) is 0.422. The highest BCUT2D eigenvalue weighted by atomic mass is 127. The highest BCUT2D eigenvalue weighted by molar-refractivity contribution is 14.0. The van der Waals surface area contributed by atoms with E-state index in [1.165, 1.54) is 12.1 Å². The molecule has 1 saturated heterocycles. The largest absolute Gasteiger partial charge is 0.357 e. The molecule has 0 spiro atoms. The van der Waals surface area contributed by atoms with Gasteiger partial charge in [-0.25, -0.2) is 9.38 Å². The first-order valence-corrected chi connectivity index (χ1v) is 9.06. The summed E-state index contributed by atoms with van der Waals surface area (Å²) in [7, 11) is 0. The Hall–Kier alpha value is -1.01. The van der Waals surface area contributed by atoms with Crippen LogP contribution in [0.4, 0.5) is 4.39 Å². The number of guanidine groups is 1. The van der Waals surface area contributed by atoms with Crippen LogP contribution in [0.3, 0.4) is 0 Å². The second kappa shape index (κ2) is 10.8. The van der Waals surface area contributed by atoms with E-state index in [2.05, 4.69) is 22.1 Å². The highest BCUT2D eigenvalue weighted by Gasteiger charge is 2.21. The van der Waals surface area contributed by atoms with E-state index in [9.17, 15) is 4.39 Å². The summed E-state index contributed by atoms with van der Waals surface area (Å²) in [4.78, 5) is 6.84. The average molecular weight is 462 g/mol. The number of nitrogens with zero attached hydrogens (tertiary/aromatic N) is 3. The van der Waals surface area contributed by atoms with Crippen molar-refractivity contribution in [1.29, 1.82) is 5.26 Å². The Labute approximate surface area is 164 Å². The van der Waals surface area contributed by atoms with Gasteiger partial charge in [0.2, 0.25) is 0 Å². The van der Waals surface area contributed by atoms with Crippen molar-refractivity contribution < 1.29 is 4.39 Å². The van der Waals surface area contributed by atoms with Crippen LogP contribution in [-0.2, 0) is 6.54 Å². The molecular formula is C17H24FIN4S. The molecule has 0 saturated carbocycles. The van der Waals surface area contributed by atoms with Gasteiger partial charge in [-0.05, 0) is 31.5 Å². The molecule has 1 aromatic carbocycles. The maximum Gasteiger partial charge on any atom is 0.194 e. The van der Waals surface area contributed by atoms with Crippen LogP contribution in [0, 0.1) is 17.1 Å². The van der Waals surface area contributed by atoms with Crippen molar-refractivity contribution in [3.8, 4) is 6.07 Å². The minimum Gasteiger partial charge on any atom is -0.357 e. The third-order valence-corrected chi connectivity index (χ3v) is 5.17. The Morgan fingerprint density at radius 1 is 1.50 bits per heavy atom. The topological polar surface area (TPSA) is 51.4 Å². The zero-order chi connectivity index (χ0) is 16.7. The SMILES string of the molecule is CCNC(=NCc1cc(C#N)ccc1F)N1CCSC(CC)C1.I. The van der Waals surface area contributed by atoms with E-state index >= 15 is 0 Å². The van der Waals surface area contributed by atoms with Crippen molar-refractivity contribution >= 4 is 41.7 Å². The lowest BCUT2D eigenvalue weighted by atomic mass is 10.1. The number of nitrogens with one attached hydrogen (secondary N) is 1. The highest BCUT2D eigenvalue weighted by Crippen LogP contribution is 2.21. The van der Waals surface area contributed by atoms with E-state index in [-0.39, 0.29) is 36.3 Å². The second-order valence-corrected chi connectivity index (χ2v) is 6.84. The molecule has 4 nitrogen and oxygen atoms in total. The fourth-order valence-corrected chi connectivity index (χ4v) is 3.69. The van der Waals surface area contributed by atoms with E-state index in [0.717, 1.165) is 37.8 Å². The molecule has 2 rings (SSSR count). The molecule has 1 atom stereocenters. The summed E-state index contributed by atoms with van der Waals surface area (Å²) in [5.41, 5.74) is 0.917. The van der Waals surface area contributed by atoms with E-state index in [0.29, 0.717) is 16.4 Å². The van der Waals surface area contributed by atoms with E-state index in [1.807, 2.05) is 24.8 Å². The van der Waals surface area contributed by atoms with Gasteiger partial charge in [0.1, 0.15) is 5.82 Å². The molecule has 1 heterocycles. The van der Waals surface area contributed by atoms with Crippen LogP contribution in [0.2, 0.25) is 0 Å². The van der Waals surface area contributed by atoms with Gasteiger partial charge in [-0.2, -0.15) is 17.0 Å². The zero-order valence-electron chi connectivity index (χ0n) is 14.1. The predicted octanol–water partition coefficient (Wildman–Crippen LogP) is 3.61. The fraction of sp³-hybridized carbons (Fsp3) is 0.529. The van der Waals surface area contributed by atoms with Gasteiger partial charge in [0, 0.05) is 36.2 Å². The van der Waals surface area contributed by atoms with Crippen molar-refractivity contribution in [3.05, 3.63) is 35.1 Å². The van der Waals surface area contributed by atoms with Gasteiger partial charge in [0.05, 0.1) is 18.2 Å². The van der Waals surface area contributed by atoms with Gasteiger partial charge >= 0.3 is 0 Å². The molecular weight excluding hydrogens is 438 g/mol. The molecule has 132 valence electrons. The van der Waals surface area contributed by atoms with Gasteiger partial charge in [-0.3, -0.25) is 0 Å². The molecule has 0 radical (unpaired) electrons. The number of hydrogen-bond acceptors (Lipinski definition) is 3. The summed E-state index contributed by atoms with van der Waals surface area (Å²) < 4.78 is 13.9. The minimum atomic E-state index is -0.316. The average Bonchev–Trinajstić information content (AvgIpc) is 2.59. The van der Waals surface area contributed by atoms with Crippen LogP contribution in [0.15, 0.2) is 23.2 Å². The molecule has 7 heteroatoms. The minimum absolute atomic E-state index is 0. The molecule has 24 heavy (non-hydrogen) atoms. The normalized spacial score (nSPS) is 17.8. The van der Waals surface area contributed by atoms with Crippen LogP contribution in [-0.4, -0.2) is 41.5 Å². The number of hydrogen-bond donors (Lipinski definition) is 1. The number of halogens is 2. The van der Waals surface area contributed by atoms with E-state index < -0.39 is 0 Å². The molecule has 1 aliphatic heterocycles. The van der Waals surface area contributed by atoms with Crippen molar-refractivity contribution in [2.24, 2.45) is 4.99 Å². The lowest BCUT2D eigenvalue weighted by molar-refractivity contribution is 0.408. The van der Waals surface area contributed by atoms with Gasteiger partial charge < -0.3 is 10.2 Å². The summed E-state index contributed by atoms with van der Waals surface area (Å²) in [6.07, 6.45) is 1.14. The standard InChI is InChI=1S/C17H23FN4S.HI/c1-3-15-12-22(7-8-23-15)17(20-4-2)21-11-14-9-13(10-19)5-6-16(14)18;/h5-6,9,15H,3-4,7-8,11-12H2,1-2H3,(H,20,21);1H. The molecule has 1 N–H and O–H groups in total. The summed E-state index contributed by atoms with van der Waals surface area (Å²) in [6.45, 7) is 7.17. The van der Waals surface area contributed by atoms with Gasteiger partial charge in [-0.15, -0.1) is 24.0 Å². The number of thioether (sulfide) groups is 1. The monoisotopic (exact) mass is 462 g/mol. The summed E-state index contributed by atoms with van der Waals surface area (Å²) in [5, 5.41) is 12.9. The molecule has 1 unspecified atom stereocenters. The van der Waals surface area contributed by atoms with Crippen LogP contribution in [0.25, 0.3) is 0 Å². The summed E-state index contributed by atoms with van der Waals surface area (Å²) in [6, 6.07) is 6.43. The molecule has 0 aromatic heterocycles. The summed E-state index contributed by atoms with van der Waals surface area (Å²) in [5.74, 6) is 1.60. The van der Waals surface area contributed by atoms with Crippen LogP contribution < -0.4 is 5.32 Å². The van der Waals surface area contributed by atoms with Crippen molar-refractivity contribution in [2.45, 2.75) is 32.1 Å². The van der Waals surface area contributed by atoms with Crippen LogP contribution in [0.1, 0.15) is 31.4 Å². The third-order valence-electron chi connectivity index (χ3n) is 3.80. The molecule has 0 bridgehead atoms. The fourth-order valence-electron chi connectivity index (χ4n) is 2.51. The Kier molecular flexibility index (Phi) is 9.44. The smallest absolute Gasteiger partial charge is 0.194 e.